The minimum absolute atomic E-state index is 0.0311. The Hall–Kier alpha value is -2.30. The molecule has 0 atom stereocenters. The predicted octanol–water partition coefficient (Wildman–Crippen LogP) is 4.70. The lowest BCUT2D eigenvalue weighted by atomic mass is 9.92. The van der Waals surface area contributed by atoms with Crippen molar-refractivity contribution in [2.75, 3.05) is 12.4 Å². The number of aromatic nitrogens is 2. The number of amides is 1. The van der Waals surface area contributed by atoms with E-state index in [1.54, 1.807) is 11.8 Å². The van der Waals surface area contributed by atoms with Crippen LogP contribution in [0.4, 0.5) is 5.82 Å². The lowest BCUT2D eigenvalue weighted by Gasteiger charge is -2.14. The van der Waals surface area contributed by atoms with Gasteiger partial charge in [0.25, 0.3) is 0 Å². The van der Waals surface area contributed by atoms with E-state index in [1.807, 2.05) is 30.3 Å². The van der Waals surface area contributed by atoms with Crippen molar-refractivity contribution in [1.82, 2.24) is 9.78 Å². The largest absolute Gasteiger partial charge is 0.497 e. The molecule has 0 aliphatic carbocycles. The van der Waals surface area contributed by atoms with Crippen LogP contribution in [0.25, 0.3) is 5.69 Å². The zero-order valence-electron chi connectivity index (χ0n) is 15.9. The molecule has 0 saturated carbocycles. The summed E-state index contributed by atoms with van der Waals surface area (Å²) in [5.41, 5.74) is 1.73. The molecule has 25 heavy (non-hydrogen) atoms. The molecular weight excluding hydrogens is 314 g/mol. The number of carbonyl (C=O) groups is 1. The molecule has 0 fully saturated rings. The Morgan fingerprint density at radius 1 is 1.20 bits per heavy atom. The molecule has 5 heteroatoms. The number of hydrogen-bond donors (Lipinski definition) is 1. The average Bonchev–Trinajstić information content (AvgIpc) is 2.99. The number of nitrogens with zero attached hydrogens (tertiary/aromatic N) is 2. The number of methoxy groups -OCH3 is 1. The van der Waals surface area contributed by atoms with Crippen molar-refractivity contribution >= 4 is 11.7 Å². The average molecular weight is 343 g/mol. The van der Waals surface area contributed by atoms with E-state index in [0.29, 0.717) is 12.2 Å². The van der Waals surface area contributed by atoms with Crippen LogP contribution in [-0.2, 0) is 10.2 Å². The second-order valence-electron chi connectivity index (χ2n) is 7.28. The molecule has 0 spiro atoms. The number of anilines is 1. The van der Waals surface area contributed by atoms with Gasteiger partial charge in [0.15, 0.2) is 0 Å². The van der Waals surface area contributed by atoms with Crippen LogP contribution in [0.5, 0.6) is 5.75 Å². The summed E-state index contributed by atoms with van der Waals surface area (Å²) < 4.78 is 7.00. The van der Waals surface area contributed by atoms with Gasteiger partial charge < -0.3 is 10.1 Å². The summed E-state index contributed by atoms with van der Waals surface area (Å²) in [5, 5.41) is 7.74. The van der Waals surface area contributed by atoms with E-state index in [0.717, 1.165) is 36.4 Å². The van der Waals surface area contributed by atoms with Gasteiger partial charge in [0, 0.05) is 17.9 Å². The molecule has 136 valence electrons. The molecule has 1 aromatic heterocycles. The van der Waals surface area contributed by atoms with Crippen LogP contribution in [0.3, 0.4) is 0 Å². The molecule has 0 aliphatic rings. The molecule has 1 N–H and O–H groups in total. The smallest absolute Gasteiger partial charge is 0.225 e. The van der Waals surface area contributed by atoms with Crippen LogP contribution in [0.1, 0.15) is 59.1 Å². The molecule has 2 aromatic rings. The lowest BCUT2D eigenvalue weighted by Crippen LogP contribution is -2.14. The minimum Gasteiger partial charge on any atom is -0.497 e. The number of rotatable bonds is 7. The number of carbonyl (C=O) groups excluding carboxylic acids is 1. The van der Waals surface area contributed by atoms with Gasteiger partial charge in [-0.1, -0.05) is 40.5 Å². The Morgan fingerprint density at radius 2 is 1.88 bits per heavy atom. The van der Waals surface area contributed by atoms with Crippen molar-refractivity contribution in [3.05, 3.63) is 36.0 Å². The van der Waals surface area contributed by atoms with Gasteiger partial charge in [0.05, 0.1) is 18.5 Å². The number of hydrogen-bond acceptors (Lipinski definition) is 3. The molecule has 0 unspecified atom stereocenters. The fourth-order valence-electron chi connectivity index (χ4n) is 2.50. The van der Waals surface area contributed by atoms with Crippen LogP contribution in [0.15, 0.2) is 30.3 Å². The highest BCUT2D eigenvalue weighted by atomic mass is 16.5. The molecule has 5 nitrogen and oxygen atoms in total. The Labute approximate surface area is 150 Å². The highest BCUT2D eigenvalue weighted by Gasteiger charge is 2.21. The summed E-state index contributed by atoms with van der Waals surface area (Å²) in [4.78, 5) is 12.3. The molecule has 0 bridgehead atoms. The van der Waals surface area contributed by atoms with Gasteiger partial charge in [0.2, 0.25) is 5.91 Å². The molecule has 1 amide bonds. The van der Waals surface area contributed by atoms with Crippen LogP contribution >= 0.6 is 0 Å². The maximum Gasteiger partial charge on any atom is 0.225 e. The molecular formula is C20H29N3O2. The first-order valence-corrected chi connectivity index (χ1v) is 8.90. The van der Waals surface area contributed by atoms with Gasteiger partial charge >= 0.3 is 0 Å². The summed E-state index contributed by atoms with van der Waals surface area (Å²) in [6.07, 6.45) is 3.61. The Balaban J connectivity index is 2.29. The lowest BCUT2D eigenvalue weighted by molar-refractivity contribution is -0.116. The summed E-state index contributed by atoms with van der Waals surface area (Å²) in [5.74, 6) is 1.53. The van der Waals surface area contributed by atoms with Gasteiger partial charge in [0.1, 0.15) is 11.6 Å². The fourth-order valence-corrected chi connectivity index (χ4v) is 2.50. The summed E-state index contributed by atoms with van der Waals surface area (Å²) in [6.45, 7) is 8.47. The van der Waals surface area contributed by atoms with Crippen LogP contribution in [-0.4, -0.2) is 22.8 Å². The van der Waals surface area contributed by atoms with Crippen LogP contribution < -0.4 is 10.1 Å². The third-order valence-electron chi connectivity index (χ3n) is 4.07. The number of ether oxygens (including phenoxy) is 1. The van der Waals surface area contributed by atoms with Crippen molar-refractivity contribution in [2.45, 2.75) is 58.8 Å². The van der Waals surface area contributed by atoms with Crippen LogP contribution in [0.2, 0.25) is 0 Å². The van der Waals surface area contributed by atoms with E-state index in [9.17, 15) is 4.79 Å². The number of nitrogens with one attached hydrogen (secondary N) is 1. The predicted molar refractivity (Wildman–Crippen MR) is 102 cm³/mol. The van der Waals surface area contributed by atoms with Crippen molar-refractivity contribution in [1.29, 1.82) is 0 Å². The van der Waals surface area contributed by atoms with Gasteiger partial charge in [-0.3, -0.25) is 4.79 Å². The van der Waals surface area contributed by atoms with Gasteiger partial charge in [-0.2, -0.15) is 5.10 Å². The van der Waals surface area contributed by atoms with E-state index in [4.69, 9.17) is 9.84 Å². The molecule has 0 aliphatic heterocycles. The first kappa shape index (κ1) is 19.0. The topological polar surface area (TPSA) is 56.2 Å². The molecule has 0 radical (unpaired) electrons. The fraction of sp³-hybridized carbons (Fsp3) is 0.500. The summed E-state index contributed by atoms with van der Waals surface area (Å²) in [7, 11) is 1.64. The first-order chi connectivity index (χ1) is 11.8. The van der Waals surface area contributed by atoms with E-state index >= 15 is 0 Å². The summed E-state index contributed by atoms with van der Waals surface area (Å²) >= 11 is 0. The van der Waals surface area contributed by atoms with Gasteiger partial charge in [-0.15, -0.1) is 0 Å². The zero-order valence-corrected chi connectivity index (χ0v) is 15.9. The second kappa shape index (κ2) is 8.19. The van der Waals surface area contributed by atoms with E-state index in [1.165, 1.54) is 0 Å². The van der Waals surface area contributed by atoms with E-state index < -0.39 is 0 Å². The normalized spacial score (nSPS) is 11.4. The minimum atomic E-state index is -0.0978. The quantitative estimate of drug-likeness (QED) is 0.742. The molecule has 0 saturated heterocycles. The monoisotopic (exact) mass is 343 g/mol. The second-order valence-corrected chi connectivity index (χ2v) is 7.28. The Bertz CT molecular complexity index is 697. The van der Waals surface area contributed by atoms with E-state index in [2.05, 4.69) is 33.0 Å². The zero-order chi connectivity index (χ0) is 18.4. The SMILES string of the molecule is CCCCCC(=O)Nc1cc(C(C)(C)C)nn1-c1ccc(OC)cc1. The Morgan fingerprint density at radius 3 is 2.44 bits per heavy atom. The first-order valence-electron chi connectivity index (χ1n) is 8.90. The van der Waals surface area contributed by atoms with Crippen molar-refractivity contribution in [3.63, 3.8) is 0 Å². The number of benzene rings is 1. The van der Waals surface area contributed by atoms with Crippen molar-refractivity contribution in [2.24, 2.45) is 0 Å². The van der Waals surface area contributed by atoms with Crippen molar-refractivity contribution in [3.8, 4) is 11.4 Å². The highest BCUT2D eigenvalue weighted by Crippen LogP contribution is 2.27. The molecule has 1 heterocycles. The maximum absolute atomic E-state index is 12.3. The van der Waals surface area contributed by atoms with E-state index in [-0.39, 0.29) is 11.3 Å². The molecule has 1 aromatic carbocycles. The van der Waals surface area contributed by atoms with Gasteiger partial charge in [-0.05, 0) is 30.7 Å². The number of unbranched alkanes of at least 4 members (excludes halogenated alkanes) is 2. The standard InChI is InChI=1S/C20H29N3O2/c1-6-7-8-9-19(24)21-18-14-17(20(2,3)4)22-23(18)15-10-12-16(25-5)13-11-15/h10-14H,6-9H2,1-5H3,(H,21,24). The molecule has 2 rings (SSSR count). The highest BCUT2D eigenvalue weighted by molar-refractivity contribution is 5.90. The van der Waals surface area contributed by atoms with Crippen LogP contribution in [0, 0.1) is 0 Å². The third-order valence-corrected chi connectivity index (χ3v) is 4.07. The van der Waals surface area contributed by atoms with Crippen molar-refractivity contribution < 1.29 is 9.53 Å². The maximum atomic E-state index is 12.3. The Kier molecular flexibility index (Phi) is 6.23. The van der Waals surface area contributed by atoms with Gasteiger partial charge in [-0.25, -0.2) is 4.68 Å². The third kappa shape index (κ3) is 5.08. The summed E-state index contributed by atoms with van der Waals surface area (Å²) in [6, 6.07) is 9.61.